The summed E-state index contributed by atoms with van der Waals surface area (Å²) >= 11 is 0. The molecule has 0 atom stereocenters. The molecule has 3 rings (SSSR count). The fourth-order valence-electron chi connectivity index (χ4n) is 2.16. The molecule has 3 aromatic carbocycles. The molecule has 7 nitrogen and oxygen atoms in total. The smallest absolute Gasteiger partial charge is 0.273 e. The van der Waals surface area contributed by atoms with Gasteiger partial charge >= 0.3 is 0 Å². The van der Waals surface area contributed by atoms with Crippen LogP contribution in [0.5, 0.6) is 11.5 Å². The van der Waals surface area contributed by atoms with Crippen molar-refractivity contribution < 1.29 is 15.1 Å². The number of benzene rings is 3. The van der Waals surface area contributed by atoms with Crippen LogP contribution in [0.25, 0.3) is 10.8 Å². The SMILES string of the molecule is O=[N+]([O-])c1ccc(/N=N/c2c(O)ccc3ccccc23)c(O)c1. The lowest BCUT2D eigenvalue weighted by Crippen LogP contribution is -1.86. The summed E-state index contributed by atoms with van der Waals surface area (Å²) in [5.41, 5.74) is 0.0956. The average molecular weight is 309 g/mol. The summed E-state index contributed by atoms with van der Waals surface area (Å²) in [6, 6.07) is 14.1. The maximum atomic E-state index is 10.6. The highest BCUT2D eigenvalue weighted by molar-refractivity contribution is 5.95. The molecule has 0 bridgehead atoms. The van der Waals surface area contributed by atoms with Crippen molar-refractivity contribution >= 4 is 27.8 Å². The number of nitro benzene ring substituents is 1. The maximum absolute atomic E-state index is 10.6. The first-order valence-electron chi connectivity index (χ1n) is 6.66. The number of hydrogen-bond acceptors (Lipinski definition) is 6. The lowest BCUT2D eigenvalue weighted by Gasteiger charge is -2.04. The van der Waals surface area contributed by atoms with Crippen LogP contribution < -0.4 is 0 Å². The molecular weight excluding hydrogens is 298 g/mol. The number of non-ortho nitro benzene ring substituents is 1. The molecule has 7 heteroatoms. The second kappa shape index (κ2) is 5.72. The predicted molar refractivity (Wildman–Crippen MR) is 84.6 cm³/mol. The van der Waals surface area contributed by atoms with Gasteiger partial charge in [-0.25, -0.2) is 0 Å². The third kappa shape index (κ3) is 2.80. The van der Waals surface area contributed by atoms with Gasteiger partial charge in [0.2, 0.25) is 0 Å². The number of aromatic hydroxyl groups is 2. The number of nitrogens with zero attached hydrogens (tertiary/aromatic N) is 3. The minimum atomic E-state index is -0.614. The van der Waals surface area contributed by atoms with Gasteiger partial charge in [0.15, 0.2) is 0 Å². The van der Waals surface area contributed by atoms with Crippen LogP contribution in [-0.4, -0.2) is 15.1 Å². The molecule has 0 aliphatic heterocycles. The fourth-order valence-corrected chi connectivity index (χ4v) is 2.16. The molecule has 0 radical (unpaired) electrons. The number of phenols is 2. The van der Waals surface area contributed by atoms with Crippen LogP contribution in [0.15, 0.2) is 64.8 Å². The van der Waals surface area contributed by atoms with Crippen molar-refractivity contribution in [3.63, 3.8) is 0 Å². The van der Waals surface area contributed by atoms with E-state index in [0.29, 0.717) is 5.39 Å². The molecule has 0 aliphatic rings. The zero-order valence-electron chi connectivity index (χ0n) is 11.7. The van der Waals surface area contributed by atoms with Gasteiger partial charge in [0.05, 0.1) is 11.0 Å². The highest BCUT2D eigenvalue weighted by Crippen LogP contribution is 2.37. The van der Waals surface area contributed by atoms with Crippen molar-refractivity contribution in [1.82, 2.24) is 0 Å². The summed E-state index contributed by atoms with van der Waals surface area (Å²) in [5.74, 6) is -0.406. The van der Waals surface area contributed by atoms with E-state index in [1.54, 1.807) is 12.1 Å². The highest BCUT2D eigenvalue weighted by atomic mass is 16.6. The van der Waals surface area contributed by atoms with E-state index in [1.165, 1.54) is 18.2 Å². The second-order valence-electron chi connectivity index (χ2n) is 4.78. The van der Waals surface area contributed by atoms with Gasteiger partial charge < -0.3 is 10.2 Å². The first-order chi connectivity index (χ1) is 11.1. The van der Waals surface area contributed by atoms with E-state index >= 15 is 0 Å². The second-order valence-corrected chi connectivity index (χ2v) is 4.78. The van der Waals surface area contributed by atoms with E-state index in [4.69, 9.17) is 0 Å². The summed E-state index contributed by atoms with van der Waals surface area (Å²) in [4.78, 5) is 10.0. The third-order valence-corrected chi connectivity index (χ3v) is 3.31. The van der Waals surface area contributed by atoms with Gasteiger partial charge in [-0.3, -0.25) is 10.1 Å². The largest absolute Gasteiger partial charge is 0.506 e. The molecule has 3 aromatic rings. The van der Waals surface area contributed by atoms with Gasteiger partial charge in [-0.2, -0.15) is 0 Å². The molecule has 0 fully saturated rings. The van der Waals surface area contributed by atoms with Crippen molar-refractivity contribution in [2.45, 2.75) is 0 Å². The minimum Gasteiger partial charge on any atom is -0.506 e. The van der Waals surface area contributed by atoms with Gasteiger partial charge in [-0.05, 0) is 17.5 Å². The van der Waals surface area contributed by atoms with Gasteiger partial charge in [0.25, 0.3) is 5.69 Å². The summed E-state index contributed by atoms with van der Waals surface area (Å²) in [7, 11) is 0. The van der Waals surface area contributed by atoms with Crippen LogP contribution in [0.3, 0.4) is 0 Å². The Kier molecular flexibility index (Phi) is 3.60. The van der Waals surface area contributed by atoms with Crippen LogP contribution in [0.1, 0.15) is 0 Å². The van der Waals surface area contributed by atoms with E-state index in [-0.39, 0.29) is 28.6 Å². The molecule has 0 saturated heterocycles. The summed E-state index contributed by atoms with van der Waals surface area (Å²) in [6.45, 7) is 0. The number of phenolic OH excluding ortho intramolecular Hbond substituents is 2. The molecule has 0 unspecified atom stereocenters. The first-order valence-corrected chi connectivity index (χ1v) is 6.66. The molecule has 23 heavy (non-hydrogen) atoms. The summed E-state index contributed by atoms with van der Waals surface area (Å²) in [6.07, 6.45) is 0. The zero-order valence-corrected chi connectivity index (χ0v) is 11.7. The lowest BCUT2D eigenvalue weighted by atomic mass is 10.1. The van der Waals surface area contributed by atoms with Crippen LogP contribution >= 0.6 is 0 Å². The molecule has 0 saturated carbocycles. The van der Waals surface area contributed by atoms with Crippen LogP contribution in [0.2, 0.25) is 0 Å². The van der Waals surface area contributed by atoms with Crippen molar-refractivity contribution in [3.05, 3.63) is 64.7 Å². The highest BCUT2D eigenvalue weighted by Gasteiger charge is 2.10. The van der Waals surface area contributed by atoms with Gasteiger partial charge in [-0.1, -0.05) is 30.3 Å². The normalized spacial score (nSPS) is 11.1. The quantitative estimate of drug-likeness (QED) is 0.419. The van der Waals surface area contributed by atoms with E-state index in [0.717, 1.165) is 11.5 Å². The van der Waals surface area contributed by atoms with Gasteiger partial charge in [0, 0.05) is 11.5 Å². The Hall–Kier alpha value is -3.48. The monoisotopic (exact) mass is 309 g/mol. The Morgan fingerprint density at radius 3 is 2.43 bits per heavy atom. The van der Waals surface area contributed by atoms with Crippen molar-refractivity contribution in [2.24, 2.45) is 10.2 Å². The van der Waals surface area contributed by atoms with Crippen LogP contribution in [0.4, 0.5) is 17.1 Å². The van der Waals surface area contributed by atoms with Crippen molar-refractivity contribution in [1.29, 1.82) is 0 Å². The number of nitro groups is 1. The molecule has 2 N–H and O–H groups in total. The van der Waals surface area contributed by atoms with Gasteiger partial charge in [0.1, 0.15) is 22.9 Å². The Bertz CT molecular complexity index is 938. The van der Waals surface area contributed by atoms with Gasteiger partial charge in [-0.15, -0.1) is 10.2 Å². The number of fused-ring (bicyclic) bond motifs is 1. The molecule has 0 amide bonds. The summed E-state index contributed by atoms with van der Waals surface area (Å²) < 4.78 is 0. The molecule has 0 aromatic heterocycles. The number of hydrogen-bond donors (Lipinski definition) is 2. The first kappa shape index (κ1) is 14.5. The predicted octanol–water partition coefficient (Wildman–Crippen LogP) is 4.57. The fraction of sp³-hybridized carbons (Fsp3) is 0. The van der Waals surface area contributed by atoms with Crippen molar-refractivity contribution in [3.8, 4) is 11.5 Å². The molecule has 0 spiro atoms. The van der Waals surface area contributed by atoms with E-state index in [2.05, 4.69) is 10.2 Å². The van der Waals surface area contributed by atoms with Crippen molar-refractivity contribution in [2.75, 3.05) is 0 Å². The van der Waals surface area contributed by atoms with E-state index < -0.39 is 4.92 Å². The zero-order chi connectivity index (χ0) is 16.4. The van der Waals surface area contributed by atoms with Crippen LogP contribution in [-0.2, 0) is 0 Å². The average Bonchev–Trinajstić information content (AvgIpc) is 2.55. The minimum absolute atomic E-state index is 0.0474. The Balaban J connectivity index is 2.04. The molecule has 0 heterocycles. The maximum Gasteiger partial charge on any atom is 0.273 e. The standard InChI is InChI=1S/C16H11N3O4/c20-14-8-5-10-3-1-2-4-12(10)16(14)18-17-13-7-6-11(19(22)23)9-15(13)21/h1-9,20-21H/b18-17+. The Labute approximate surface area is 130 Å². The third-order valence-electron chi connectivity index (χ3n) is 3.31. The summed E-state index contributed by atoms with van der Waals surface area (Å²) in [5, 5.41) is 39.8. The number of azo groups is 1. The van der Waals surface area contributed by atoms with Crippen LogP contribution in [0, 0.1) is 10.1 Å². The Morgan fingerprint density at radius 1 is 0.913 bits per heavy atom. The molecule has 114 valence electrons. The molecule has 0 aliphatic carbocycles. The van der Waals surface area contributed by atoms with E-state index in [1.807, 2.05) is 18.2 Å². The lowest BCUT2D eigenvalue weighted by molar-refractivity contribution is -0.384. The Morgan fingerprint density at radius 2 is 1.70 bits per heavy atom. The van der Waals surface area contributed by atoms with E-state index in [9.17, 15) is 20.3 Å². The number of rotatable bonds is 3. The topological polar surface area (TPSA) is 108 Å². The molecular formula is C16H11N3O4.